The lowest BCUT2D eigenvalue weighted by Gasteiger charge is -2.27. The van der Waals surface area contributed by atoms with Crippen LogP contribution in [0.5, 0.6) is 0 Å². The molecule has 0 aliphatic rings. The highest BCUT2D eigenvalue weighted by Crippen LogP contribution is 2.38. The van der Waals surface area contributed by atoms with E-state index in [1.807, 2.05) is 6.92 Å². The molecular formula is C33H40F4O2S. The van der Waals surface area contributed by atoms with E-state index in [2.05, 4.69) is 106 Å². The minimum absolute atomic E-state index is 0.0497. The number of benzene rings is 3. The van der Waals surface area contributed by atoms with Crippen LogP contribution in [-0.4, -0.2) is 17.8 Å². The monoisotopic (exact) mass is 576 g/mol. The van der Waals surface area contributed by atoms with E-state index in [0.717, 1.165) is 19.3 Å². The first-order valence-electron chi connectivity index (χ1n) is 13.7. The van der Waals surface area contributed by atoms with Crippen molar-refractivity contribution in [2.45, 2.75) is 105 Å². The summed E-state index contributed by atoms with van der Waals surface area (Å²) in [5, 5.41) is 9.90. The molecule has 218 valence electrons. The zero-order chi connectivity index (χ0) is 29.8. The molecule has 0 heterocycles. The van der Waals surface area contributed by atoms with Crippen molar-refractivity contribution in [2.75, 3.05) is 0 Å². The van der Waals surface area contributed by atoms with E-state index < -0.39 is 24.2 Å². The van der Waals surface area contributed by atoms with Crippen molar-refractivity contribution in [3.05, 3.63) is 90.5 Å². The SMILES string of the molecule is CC(C)(C)c1ccc([S+](c2ccccc2)c2ccccc2)cc1.CCCCCCCCC(F)(F)C(F)(F)C(=O)[O-]. The molecule has 7 heteroatoms. The summed E-state index contributed by atoms with van der Waals surface area (Å²) in [6, 6.07) is 30.7. The average Bonchev–Trinajstić information content (AvgIpc) is 2.92. The van der Waals surface area contributed by atoms with Crippen LogP contribution >= 0.6 is 0 Å². The fourth-order valence-corrected chi connectivity index (χ4v) is 6.13. The van der Waals surface area contributed by atoms with Gasteiger partial charge in [-0.2, -0.15) is 17.6 Å². The molecule has 40 heavy (non-hydrogen) atoms. The van der Waals surface area contributed by atoms with Crippen molar-refractivity contribution in [2.24, 2.45) is 0 Å². The Morgan fingerprint density at radius 3 is 1.52 bits per heavy atom. The van der Waals surface area contributed by atoms with Gasteiger partial charge in [-0.15, -0.1) is 0 Å². The Labute approximate surface area is 239 Å². The largest absolute Gasteiger partial charge is 0.544 e. The Hall–Kier alpha value is -2.80. The molecule has 3 aromatic carbocycles. The maximum Gasteiger partial charge on any atom is 0.349 e. The number of hydrogen-bond acceptors (Lipinski definition) is 2. The van der Waals surface area contributed by atoms with Crippen LogP contribution in [0.3, 0.4) is 0 Å². The lowest BCUT2D eigenvalue weighted by Crippen LogP contribution is -2.53. The molecule has 0 saturated heterocycles. The van der Waals surface area contributed by atoms with E-state index in [4.69, 9.17) is 0 Å². The average molecular weight is 577 g/mol. The molecule has 0 atom stereocenters. The molecule has 0 fully saturated rings. The van der Waals surface area contributed by atoms with Crippen molar-refractivity contribution in [1.82, 2.24) is 0 Å². The first-order valence-corrected chi connectivity index (χ1v) is 15.0. The van der Waals surface area contributed by atoms with E-state index in [0.29, 0.717) is 12.8 Å². The lowest BCUT2D eigenvalue weighted by atomic mass is 9.87. The van der Waals surface area contributed by atoms with Gasteiger partial charge in [0.25, 0.3) is 0 Å². The fourth-order valence-electron chi connectivity index (χ4n) is 4.05. The second-order valence-electron chi connectivity index (χ2n) is 10.8. The number of alkyl halides is 4. The summed E-state index contributed by atoms with van der Waals surface area (Å²) in [7, 11) is -0.0497. The van der Waals surface area contributed by atoms with Crippen molar-refractivity contribution >= 4 is 16.9 Å². The summed E-state index contributed by atoms with van der Waals surface area (Å²) in [5.74, 6) is -12.6. The Balaban J connectivity index is 0.000000296. The van der Waals surface area contributed by atoms with Gasteiger partial charge in [-0.25, -0.2) is 0 Å². The quantitative estimate of drug-likeness (QED) is 0.123. The molecule has 0 N–H and O–H groups in total. The molecule has 3 rings (SSSR count). The van der Waals surface area contributed by atoms with Crippen LogP contribution in [0.15, 0.2) is 99.6 Å². The van der Waals surface area contributed by atoms with Crippen LogP contribution < -0.4 is 5.11 Å². The summed E-state index contributed by atoms with van der Waals surface area (Å²) in [6.45, 7) is 8.77. The summed E-state index contributed by atoms with van der Waals surface area (Å²) in [5.41, 5.74) is 1.57. The molecule has 0 spiro atoms. The molecule has 3 aromatic rings. The van der Waals surface area contributed by atoms with Gasteiger partial charge in [0.05, 0.1) is 10.9 Å². The van der Waals surface area contributed by atoms with Crippen molar-refractivity contribution < 1.29 is 27.5 Å². The molecule has 2 nitrogen and oxygen atoms in total. The first-order chi connectivity index (χ1) is 18.8. The van der Waals surface area contributed by atoms with Crippen molar-refractivity contribution in [3.8, 4) is 0 Å². The second-order valence-corrected chi connectivity index (χ2v) is 12.8. The van der Waals surface area contributed by atoms with Gasteiger partial charge in [-0.1, -0.05) is 108 Å². The van der Waals surface area contributed by atoms with Gasteiger partial charge in [0.1, 0.15) is 5.97 Å². The fraction of sp³-hybridized carbons (Fsp3) is 0.424. The number of carbonyl (C=O) groups excluding carboxylic acids is 1. The lowest BCUT2D eigenvalue weighted by molar-refractivity contribution is -0.348. The minimum Gasteiger partial charge on any atom is -0.544 e. The summed E-state index contributed by atoms with van der Waals surface area (Å²) >= 11 is 0. The van der Waals surface area contributed by atoms with Gasteiger partial charge in [-0.05, 0) is 53.8 Å². The molecule has 0 radical (unpaired) electrons. The molecular weight excluding hydrogens is 536 g/mol. The van der Waals surface area contributed by atoms with Gasteiger partial charge in [-0.3, -0.25) is 0 Å². The normalized spacial score (nSPS) is 12.1. The Morgan fingerprint density at radius 2 is 1.10 bits per heavy atom. The van der Waals surface area contributed by atoms with E-state index in [1.54, 1.807) is 0 Å². The Bertz CT molecular complexity index is 1110. The third kappa shape index (κ3) is 9.69. The summed E-state index contributed by atoms with van der Waals surface area (Å²) in [4.78, 5) is 14.0. The maximum absolute atomic E-state index is 12.9. The van der Waals surface area contributed by atoms with E-state index >= 15 is 0 Å². The number of hydrogen-bond donors (Lipinski definition) is 0. The zero-order valence-electron chi connectivity index (χ0n) is 23.8. The first kappa shape index (κ1) is 33.4. The summed E-state index contributed by atoms with van der Waals surface area (Å²) < 4.78 is 50.8. The predicted molar refractivity (Wildman–Crippen MR) is 153 cm³/mol. The number of rotatable bonds is 12. The van der Waals surface area contributed by atoms with Gasteiger partial charge < -0.3 is 9.90 Å². The molecule has 0 aromatic heterocycles. The highest BCUT2D eigenvalue weighted by molar-refractivity contribution is 7.97. The molecule has 0 bridgehead atoms. The minimum atomic E-state index is -5.09. The van der Waals surface area contributed by atoms with Crippen LogP contribution in [0.25, 0.3) is 0 Å². The highest BCUT2D eigenvalue weighted by atomic mass is 32.2. The third-order valence-corrected chi connectivity index (χ3v) is 8.70. The maximum atomic E-state index is 12.9. The molecule has 0 amide bonds. The van der Waals surface area contributed by atoms with Gasteiger partial charge >= 0.3 is 11.8 Å². The van der Waals surface area contributed by atoms with E-state index in [1.165, 1.54) is 20.2 Å². The van der Waals surface area contributed by atoms with Gasteiger partial charge in [0.2, 0.25) is 0 Å². The molecule has 0 saturated carbocycles. The van der Waals surface area contributed by atoms with E-state index in [-0.39, 0.29) is 22.7 Å². The third-order valence-electron chi connectivity index (χ3n) is 6.47. The number of carboxylic acid groups (broad SMARTS) is 1. The van der Waals surface area contributed by atoms with Crippen LogP contribution in [0.1, 0.15) is 78.2 Å². The summed E-state index contributed by atoms with van der Waals surface area (Å²) in [6.07, 6.45) is 2.71. The van der Waals surface area contributed by atoms with Crippen LogP contribution in [0.2, 0.25) is 0 Å². The molecule has 0 aliphatic carbocycles. The van der Waals surface area contributed by atoms with E-state index in [9.17, 15) is 27.5 Å². The number of halogens is 4. The van der Waals surface area contributed by atoms with Crippen molar-refractivity contribution in [1.29, 1.82) is 0 Å². The number of carbonyl (C=O) groups is 1. The Kier molecular flexibility index (Phi) is 12.8. The second kappa shape index (κ2) is 15.3. The number of carboxylic acids is 1. The standard InChI is InChI=1S/C22H23S.C11H18F4O2/c1-22(2,3)18-14-16-21(17-15-18)23(19-10-6-4-7-11-19)20-12-8-5-9-13-20;1-2-3-4-5-6-7-8-10(12,13)11(14,15)9(16)17/h4-17H,1-3H3;2-8H2,1H3,(H,16,17)/q+1;/p-1. The highest BCUT2D eigenvalue weighted by Gasteiger charge is 2.56. The van der Waals surface area contributed by atoms with Crippen LogP contribution in [-0.2, 0) is 21.1 Å². The molecule has 0 aliphatic heterocycles. The zero-order valence-corrected chi connectivity index (χ0v) is 24.6. The topological polar surface area (TPSA) is 40.1 Å². The predicted octanol–water partition coefficient (Wildman–Crippen LogP) is 8.84. The van der Waals surface area contributed by atoms with Gasteiger partial charge in [0.15, 0.2) is 14.7 Å². The van der Waals surface area contributed by atoms with Gasteiger partial charge in [0, 0.05) is 6.42 Å². The number of aliphatic carboxylic acids is 1. The smallest absolute Gasteiger partial charge is 0.349 e. The number of unbranched alkanes of at least 4 members (excludes halogenated alkanes) is 5. The van der Waals surface area contributed by atoms with Crippen LogP contribution in [0.4, 0.5) is 17.6 Å². The molecule has 0 unspecified atom stereocenters. The Morgan fingerprint density at radius 1 is 0.675 bits per heavy atom. The van der Waals surface area contributed by atoms with Crippen LogP contribution in [0, 0.1) is 0 Å². The van der Waals surface area contributed by atoms with Crippen molar-refractivity contribution in [3.63, 3.8) is 0 Å².